The molecule has 0 bridgehead atoms. The average molecular weight is 311 g/mol. The van der Waals surface area contributed by atoms with E-state index >= 15 is 0 Å². The van der Waals surface area contributed by atoms with E-state index in [0.29, 0.717) is 0 Å². The second kappa shape index (κ2) is 6.69. The summed E-state index contributed by atoms with van der Waals surface area (Å²) in [6.45, 7) is 5.96. The lowest BCUT2D eigenvalue weighted by Gasteiger charge is -2.31. The van der Waals surface area contributed by atoms with E-state index < -0.39 is 0 Å². The number of likely N-dealkylation sites (tertiary alicyclic amines) is 1. The van der Waals surface area contributed by atoms with Crippen LogP contribution in [0.1, 0.15) is 37.8 Å². The maximum Gasteiger partial charge on any atom is 0.0307 e. The predicted octanol–water partition coefficient (Wildman–Crippen LogP) is 3.57. The van der Waals surface area contributed by atoms with Crippen LogP contribution in [-0.2, 0) is 0 Å². The average Bonchev–Trinajstić information content (AvgIpc) is 2.36. The van der Waals surface area contributed by atoms with Crippen LogP contribution in [0.2, 0.25) is 0 Å². The van der Waals surface area contributed by atoms with E-state index in [4.69, 9.17) is 5.73 Å². The molecule has 0 radical (unpaired) electrons. The molecule has 2 nitrogen and oxygen atoms in total. The topological polar surface area (TPSA) is 29.3 Å². The lowest BCUT2D eigenvalue weighted by Crippen LogP contribution is -2.36. The van der Waals surface area contributed by atoms with Crippen molar-refractivity contribution in [1.29, 1.82) is 0 Å². The van der Waals surface area contributed by atoms with Gasteiger partial charge in [-0.25, -0.2) is 0 Å². The third-order valence-electron chi connectivity index (χ3n) is 3.77. The van der Waals surface area contributed by atoms with Gasteiger partial charge in [0.1, 0.15) is 0 Å². The summed E-state index contributed by atoms with van der Waals surface area (Å²) >= 11 is 3.50. The van der Waals surface area contributed by atoms with E-state index in [2.05, 4.69) is 46.0 Å². The van der Waals surface area contributed by atoms with Crippen molar-refractivity contribution >= 4 is 15.9 Å². The third kappa shape index (κ3) is 4.08. The standard InChI is InChI=1S/C15H23BrN2/c1-12-4-3-8-18(11-12)9-7-15(17)13-5-2-6-14(16)10-13/h2,5-6,10,12,15H,3-4,7-9,11,17H2,1H3. The van der Waals surface area contributed by atoms with Crippen LogP contribution < -0.4 is 5.73 Å². The van der Waals surface area contributed by atoms with Crippen LogP contribution in [0, 0.1) is 5.92 Å². The van der Waals surface area contributed by atoms with Crippen LogP contribution in [0.15, 0.2) is 28.7 Å². The summed E-state index contributed by atoms with van der Waals surface area (Å²) in [5.41, 5.74) is 7.50. The van der Waals surface area contributed by atoms with Gasteiger partial charge in [-0.3, -0.25) is 0 Å². The molecule has 2 unspecified atom stereocenters. The maximum atomic E-state index is 6.27. The van der Waals surface area contributed by atoms with Crippen molar-refractivity contribution in [3.8, 4) is 0 Å². The predicted molar refractivity (Wildman–Crippen MR) is 80.5 cm³/mol. The maximum absolute atomic E-state index is 6.27. The zero-order valence-electron chi connectivity index (χ0n) is 11.1. The van der Waals surface area contributed by atoms with Crippen LogP contribution in [0.5, 0.6) is 0 Å². The number of nitrogens with two attached hydrogens (primary N) is 1. The van der Waals surface area contributed by atoms with E-state index in [0.717, 1.165) is 23.4 Å². The van der Waals surface area contributed by atoms with E-state index in [-0.39, 0.29) is 6.04 Å². The summed E-state index contributed by atoms with van der Waals surface area (Å²) < 4.78 is 1.11. The Morgan fingerprint density at radius 3 is 3.06 bits per heavy atom. The molecule has 2 rings (SSSR count). The fraction of sp³-hybridized carbons (Fsp3) is 0.600. The minimum Gasteiger partial charge on any atom is -0.324 e. The molecule has 1 heterocycles. The Morgan fingerprint density at radius 2 is 2.33 bits per heavy atom. The van der Waals surface area contributed by atoms with Crippen LogP contribution in [0.25, 0.3) is 0 Å². The molecule has 1 aliphatic rings. The van der Waals surface area contributed by atoms with Gasteiger partial charge in [0.05, 0.1) is 0 Å². The van der Waals surface area contributed by atoms with E-state index in [1.165, 1.54) is 31.5 Å². The van der Waals surface area contributed by atoms with Crippen LogP contribution in [0.4, 0.5) is 0 Å². The fourth-order valence-corrected chi connectivity index (χ4v) is 3.13. The van der Waals surface area contributed by atoms with Gasteiger partial charge in [0.15, 0.2) is 0 Å². The molecule has 0 aliphatic carbocycles. The molecular formula is C15H23BrN2. The summed E-state index contributed by atoms with van der Waals surface area (Å²) in [5.74, 6) is 0.848. The lowest BCUT2D eigenvalue weighted by atomic mass is 9.99. The largest absolute Gasteiger partial charge is 0.324 e. The lowest BCUT2D eigenvalue weighted by molar-refractivity contribution is 0.178. The highest BCUT2D eigenvalue weighted by Gasteiger charge is 2.17. The molecule has 1 aromatic rings. The molecule has 2 N–H and O–H groups in total. The number of hydrogen-bond donors (Lipinski definition) is 1. The first-order valence-electron chi connectivity index (χ1n) is 6.88. The quantitative estimate of drug-likeness (QED) is 0.921. The summed E-state index contributed by atoms with van der Waals surface area (Å²) in [4.78, 5) is 2.56. The van der Waals surface area contributed by atoms with Gasteiger partial charge >= 0.3 is 0 Å². The molecule has 1 aliphatic heterocycles. The number of benzene rings is 1. The second-order valence-corrected chi connectivity index (χ2v) is 6.41. The molecule has 100 valence electrons. The van der Waals surface area contributed by atoms with Gasteiger partial charge in [-0.15, -0.1) is 0 Å². The highest BCUT2D eigenvalue weighted by molar-refractivity contribution is 9.10. The number of halogens is 1. The van der Waals surface area contributed by atoms with Crippen molar-refractivity contribution in [3.05, 3.63) is 34.3 Å². The van der Waals surface area contributed by atoms with Crippen molar-refractivity contribution in [1.82, 2.24) is 4.90 Å². The first kappa shape index (κ1) is 14.0. The van der Waals surface area contributed by atoms with Gasteiger partial charge in [-0.05, 0) is 56.0 Å². The third-order valence-corrected chi connectivity index (χ3v) is 4.27. The van der Waals surface area contributed by atoms with Gasteiger partial charge in [0.2, 0.25) is 0 Å². The molecule has 2 atom stereocenters. The van der Waals surface area contributed by atoms with Crippen molar-refractivity contribution < 1.29 is 0 Å². The van der Waals surface area contributed by atoms with Crippen molar-refractivity contribution in [2.24, 2.45) is 11.7 Å². The molecular weight excluding hydrogens is 288 g/mol. The zero-order valence-corrected chi connectivity index (χ0v) is 12.7. The minimum atomic E-state index is 0.153. The number of nitrogens with zero attached hydrogens (tertiary/aromatic N) is 1. The highest BCUT2D eigenvalue weighted by Crippen LogP contribution is 2.21. The van der Waals surface area contributed by atoms with Gasteiger partial charge in [0, 0.05) is 17.1 Å². The Balaban J connectivity index is 1.82. The Morgan fingerprint density at radius 1 is 1.50 bits per heavy atom. The smallest absolute Gasteiger partial charge is 0.0307 e. The van der Waals surface area contributed by atoms with E-state index in [1.807, 2.05) is 6.07 Å². The molecule has 1 fully saturated rings. The molecule has 0 saturated carbocycles. The van der Waals surface area contributed by atoms with Gasteiger partial charge < -0.3 is 10.6 Å². The number of piperidine rings is 1. The Hall–Kier alpha value is -0.380. The normalized spacial score (nSPS) is 22.9. The zero-order chi connectivity index (χ0) is 13.0. The molecule has 1 saturated heterocycles. The van der Waals surface area contributed by atoms with Crippen LogP contribution >= 0.6 is 15.9 Å². The first-order valence-corrected chi connectivity index (χ1v) is 7.68. The van der Waals surface area contributed by atoms with Gasteiger partial charge in [-0.2, -0.15) is 0 Å². The number of hydrogen-bond acceptors (Lipinski definition) is 2. The van der Waals surface area contributed by atoms with Crippen LogP contribution in [0.3, 0.4) is 0 Å². The van der Waals surface area contributed by atoms with Crippen molar-refractivity contribution in [2.75, 3.05) is 19.6 Å². The van der Waals surface area contributed by atoms with E-state index in [9.17, 15) is 0 Å². The highest BCUT2D eigenvalue weighted by atomic mass is 79.9. The molecule has 0 spiro atoms. The fourth-order valence-electron chi connectivity index (χ4n) is 2.72. The van der Waals surface area contributed by atoms with Crippen LogP contribution in [-0.4, -0.2) is 24.5 Å². The summed E-state index contributed by atoms with van der Waals surface area (Å²) in [6.07, 6.45) is 3.77. The second-order valence-electron chi connectivity index (χ2n) is 5.50. The minimum absolute atomic E-state index is 0.153. The molecule has 3 heteroatoms. The first-order chi connectivity index (χ1) is 8.65. The summed E-state index contributed by atoms with van der Waals surface area (Å²) in [5, 5.41) is 0. The Labute approximate surface area is 119 Å². The van der Waals surface area contributed by atoms with Crippen molar-refractivity contribution in [2.45, 2.75) is 32.2 Å². The molecule has 0 aromatic heterocycles. The summed E-state index contributed by atoms with van der Waals surface area (Å²) in [6, 6.07) is 8.50. The van der Waals surface area contributed by atoms with Gasteiger partial charge in [-0.1, -0.05) is 35.0 Å². The van der Waals surface area contributed by atoms with Crippen molar-refractivity contribution in [3.63, 3.8) is 0 Å². The molecule has 18 heavy (non-hydrogen) atoms. The number of rotatable bonds is 4. The molecule has 0 amide bonds. The SMILES string of the molecule is CC1CCCN(CCC(N)c2cccc(Br)c2)C1. The Bertz CT molecular complexity index is 381. The van der Waals surface area contributed by atoms with Gasteiger partial charge in [0.25, 0.3) is 0 Å². The monoisotopic (exact) mass is 310 g/mol. The molecule has 1 aromatic carbocycles. The summed E-state index contributed by atoms with van der Waals surface area (Å²) in [7, 11) is 0. The Kier molecular flexibility index (Phi) is 5.22. The van der Waals surface area contributed by atoms with E-state index in [1.54, 1.807) is 0 Å².